The topological polar surface area (TPSA) is 74.6 Å². The summed E-state index contributed by atoms with van der Waals surface area (Å²) in [5.41, 5.74) is 4.37. The fraction of sp³-hybridized carbons (Fsp3) is 0.500. The van der Waals surface area contributed by atoms with E-state index in [0.717, 1.165) is 66.8 Å². The summed E-state index contributed by atoms with van der Waals surface area (Å²) < 4.78 is 18.6. The van der Waals surface area contributed by atoms with Crippen LogP contribution in [0.25, 0.3) is 22.4 Å². The Morgan fingerprint density at radius 1 is 0.914 bits per heavy atom. The fourth-order valence-electron chi connectivity index (χ4n) is 4.00. The minimum atomic E-state index is 0.110. The molecule has 0 bridgehead atoms. The standard InChI is InChI=1S/C28H39N3O4/c1-22-10-12-23(13-11-22)28-30-25-15-14-24(21-26(25)31(28)17-8-19-34-3)35-20-6-4-5-9-27(32)29-16-7-18-33-2/h10-15,21H,4-9,16-20H2,1-3H3,(H,29,32). The van der Waals surface area contributed by atoms with Gasteiger partial charge in [0.2, 0.25) is 5.91 Å². The van der Waals surface area contributed by atoms with E-state index in [1.807, 2.05) is 12.1 Å². The molecule has 0 aliphatic heterocycles. The van der Waals surface area contributed by atoms with Gasteiger partial charge in [0, 0.05) is 58.6 Å². The van der Waals surface area contributed by atoms with Gasteiger partial charge >= 0.3 is 0 Å². The summed E-state index contributed by atoms with van der Waals surface area (Å²) in [5, 5.41) is 2.92. The number of benzene rings is 2. The molecule has 0 aliphatic rings. The van der Waals surface area contributed by atoms with E-state index in [0.29, 0.717) is 32.8 Å². The largest absolute Gasteiger partial charge is 0.494 e. The number of ether oxygens (including phenoxy) is 3. The highest BCUT2D eigenvalue weighted by atomic mass is 16.5. The van der Waals surface area contributed by atoms with E-state index in [1.54, 1.807) is 14.2 Å². The third-order valence-corrected chi connectivity index (χ3v) is 5.92. The molecule has 0 atom stereocenters. The van der Waals surface area contributed by atoms with Crippen LogP contribution in [0.2, 0.25) is 0 Å². The summed E-state index contributed by atoms with van der Waals surface area (Å²) in [7, 11) is 3.40. The molecule has 7 nitrogen and oxygen atoms in total. The van der Waals surface area contributed by atoms with Gasteiger partial charge in [0.05, 0.1) is 17.6 Å². The minimum Gasteiger partial charge on any atom is -0.494 e. The Morgan fingerprint density at radius 2 is 1.69 bits per heavy atom. The van der Waals surface area contributed by atoms with Crippen molar-refractivity contribution in [2.24, 2.45) is 0 Å². The van der Waals surface area contributed by atoms with Crippen molar-refractivity contribution in [3.05, 3.63) is 48.0 Å². The maximum atomic E-state index is 11.8. The van der Waals surface area contributed by atoms with Gasteiger partial charge in [-0.3, -0.25) is 4.79 Å². The molecule has 3 rings (SSSR count). The summed E-state index contributed by atoms with van der Waals surface area (Å²) in [4.78, 5) is 16.8. The molecule has 35 heavy (non-hydrogen) atoms. The lowest BCUT2D eigenvalue weighted by Gasteiger charge is -2.11. The number of rotatable bonds is 16. The lowest BCUT2D eigenvalue weighted by Crippen LogP contribution is -2.24. The predicted octanol–water partition coefficient (Wildman–Crippen LogP) is 5.14. The van der Waals surface area contributed by atoms with Gasteiger partial charge < -0.3 is 24.1 Å². The van der Waals surface area contributed by atoms with Crippen LogP contribution in [-0.2, 0) is 20.8 Å². The number of aromatic nitrogens is 2. The molecule has 0 aliphatic carbocycles. The Hall–Kier alpha value is -2.90. The first kappa shape index (κ1) is 26.7. The van der Waals surface area contributed by atoms with Crippen molar-refractivity contribution >= 4 is 16.9 Å². The summed E-state index contributed by atoms with van der Waals surface area (Å²) in [6.07, 6.45) is 5.05. The van der Waals surface area contributed by atoms with Gasteiger partial charge in [0.25, 0.3) is 0 Å². The van der Waals surface area contributed by atoms with Crippen molar-refractivity contribution in [3.8, 4) is 17.1 Å². The maximum absolute atomic E-state index is 11.8. The van der Waals surface area contributed by atoms with Crippen LogP contribution in [-0.4, -0.2) is 56.0 Å². The third kappa shape index (κ3) is 8.37. The Balaban J connectivity index is 1.55. The smallest absolute Gasteiger partial charge is 0.219 e. The number of hydrogen-bond acceptors (Lipinski definition) is 5. The van der Waals surface area contributed by atoms with Crippen LogP contribution >= 0.6 is 0 Å². The van der Waals surface area contributed by atoms with Crippen molar-refractivity contribution in [2.75, 3.05) is 40.6 Å². The molecule has 1 heterocycles. The molecule has 190 valence electrons. The van der Waals surface area contributed by atoms with Crippen molar-refractivity contribution in [1.29, 1.82) is 0 Å². The highest BCUT2D eigenvalue weighted by molar-refractivity contribution is 5.82. The average Bonchev–Trinajstić information content (AvgIpc) is 3.22. The molecule has 1 N–H and O–H groups in total. The second-order valence-electron chi connectivity index (χ2n) is 8.81. The molecule has 1 amide bonds. The Bertz CT molecular complexity index is 1050. The summed E-state index contributed by atoms with van der Waals surface area (Å²) in [5.74, 6) is 1.92. The predicted molar refractivity (Wildman–Crippen MR) is 140 cm³/mol. The zero-order chi connectivity index (χ0) is 24.9. The Morgan fingerprint density at radius 3 is 2.46 bits per heavy atom. The number of imidazole rings is 1. The lowest BCUT2D eigenvalue weighted by molar-refractivity contribution is -0.121. The van der Waals surface area contributed by atoms with Crippen molar-refractivity contribution in [1.82, 2.24) is 14.9 Å². The van der Waals surface area contributed by atoms with Gasteiger partial charge in [0.1, 0.15) is 11.6 Å². The molecule has 1 aromatic heterocycles. The van der Waals surface area contributed by atoms with E-state index in [2.05, 4.69) is 47.1 Å². The molecule has 7 heteroatoms. The first-order chi connectivity index (χ1) is 17.1. The van der Waals surface area contributed by atoms with E-state index in [4.69, 9.17) is 19.2 Å². The van der Waals surface area contributed by atoms with Gasteiger partial charge in [-0.05, 0) is 51.2 Å². The first-order valence-electron chi connectivity index (χ1n) is 12.6. The average molecular weight is 482 g/mol. The monoisotopic (exact) mass is 481 g/mol. The number of unbranched alkanes of at least 4 members (excludes halogenated alkanes) is 2. The summed E-state index contributed by atoms with van der Waals surface area (Å²) in [6.45, 7) is 5.59. The second-order valence-corrected chi connectivity index (χ2v) is 8.81. The number of nitrogens with zero attached hydrogens (tertiary/aromatic N) is 2. The molecule has 0 fully saturated rings. The number of carbonyl (C=O) groups excluding carboxylic acids is 1. The van der Waals surface area contributed by atoms with Crippen molar-refractivity contribution in [2.45, 2.75) is 52.0 Å². The molecular formula is C28H39N3O4. The van der Waals surface area contributed by atoms with Crippen LogP contribution in [0.3, 0.4) is 0 Å². The van der Waals surface area contributed by atoms with Gasteiger partial charge in [-0.1, -0.05) is 29.8 Å². The van der Waals surface area contributed by atoms with Crippen LogP contribution in [0, 0.1) is 6.92 Å². The van der Waals surface area contributed by atoms with Gasteiger partial charge in [0.15, 0.2) is 0 Å². The quantitative estimate of drug-likeness (QED) is 0.287. The molecule has 0 spiro atoms. The number of fused-ring (bicyclic) bond motifs is 1. The van der Waals surface area contributed by atoms with Crippen LogP contribution in [0.5, 0.6) is 5.75 Å². The number of carbonyl (C=O) groups is 1. The molecule has 0 radical (unpaired) electrons. The number of hydrogen-bond donors (Lipinski definition) is 1. The van der Waals surface area contributed by atoms with E-state index in [1.165, 1.54) is 5.56 Å². The number of aryl methyl sites for hydroxylation is 2. The molecule has 3 aromatic rings. The zero-order valence-electron chi connectivity index (χ0n) is 21.3. The van der Waals surface area contributed by atoms with Crippen LogP contribution in [0.4, 0.5) is 0 Å². The second kappa shape index (κ2) is 14.5. The van der Waals surface area contributed by atoms with Crippen LogP contribution < -0.4 is 10.1 Å². The molecule has 0 saturated heterocycles. The van der Waals surface area contributed by atoms with Gasteiger partial charge in [-0.25, -0.2) is 4.98 Å². The summed E-state index contributed by atoms with van der Waals surface area (Å²) >= 11 is 0. The highest BCUT2D eigenvalue weighted by Gasteiger charge is 2.13. The number of amides is 1. The molecule has 0 saturated carbocycles. The maximum Gasteiger partial charge on any atom is 0.219 e. The van der Waals surface area contributed by atoms with Crippen LogP contribution in [0.1, 0.15) is 44.1 Å². The SMILES string of the molecule is COCCCNC(=O)CCCCCOc1ccc2nc(-c3ccc(C)cc3)n(CCCOC)c2c1. The van der Waals surface area contributed by atoms with E-state index >= 15 is 0 Å². The van der Waals surface area contributed by atoms with E-state index in [9.17, 15) is 4.79 Å². The zero-order valence-corrected chi connectivity index (χ0v) is 21.3. The van der Waals surface area contributed by atoms with E-state index in [-0.39, 0.29) is 5.91 Å². The number of nitrogens with one attached hydrogen (secondary N) is 1. The first-order valence-corrected chi connectivity index (χ1v) is 12.6. The fourth-order valence-corrected chi connectivity index (χ4v) is 4.00. The van der Waals surface area contributed by atoms with Crippen LogP contribution in [0.15, 0.2) is 42.5 Å². The highest BCUT2D eigenvalue weighted by Crippen LogP contribution is 2.28. The minimum absolute atomic E-state index is 0.110. The van der Waals surface area contributed by atoms with E-state index < -0.39 is 0 Å². The molecule has 0 unspecified atom stereocenters. The Labute approximate surface area is 208 Å². The lowest BCUT2D eigenvalue weighted by atomic mass is 10.1. The third-order valence-electron chi connectivity index (χ3n) is 5.92. The Kier molecular flexibility index (Phi) is 11.1. The van der Waals surface area contributed by atoms with Crippen molar-refractivity contribution < 1.29 is 19.0 Å². The number of methoxy groups -OCH3 is 2. The molecule has 2 aromatic carbocycles. The van der Waals surface area contributed by atoms with Crippen molar-refractivity contribution in [3.63, 3.8) is 0 Å². The normalized spacial score (nSPS) is 11.2. The van der Waals surface area contributed by atoms with Gasteiger partial charge in [-0.2, -0.15) is 0 Å². The van der Waals surface area contributed by atoms with Gasteiger partial charge in [-0.15, -0.1) is 0 Å². The summed E-state index contributed by atoms with van der Waals surface area (Å²) in [6, 6.07) is 14.6. The molecular weight excluding hydrogens is 442 g/mol.